The summed E-state index contributed by atoms with van der Waals surface area (Å²) in [5.74, 6) is 0.476. The molecule has 0 aliphatic carbocycles. The fourth-order valence-corrected chi connectivity index (χ4v) is 2.00. The predicted octanol–water partition coefficient (Wildman–Crippen LogP) is 3.21. The quantitative estimate of drug-likeness (QED) is 0.858. The summed E-state index contributed by atoms with van der Waals surface area (Å²) in [6, 6.07) is 11.2. The molecule has 0 aliphatic heterocycles. The molecule has 0 spiro atoms. The number of amides is 1. The van der Waals surface area contributed by atoms with Gasteiger partial charge < -0.3 is 10.1 Å². The van der Waals surface area contributed by atoms with E-state index in [0.29, 0.717) is 11.4 Å². The third kappa shape index (κ3) is 3.99. The Hall–Kier alpha value is -2.01. The van der Waals surface area contributed by atoms with Crippen molar-refractivity contribution < 1.29 is 9.53 Å². The zero-order valence-electron chi connectivity index (χ0n) is 11.4. The normalized spacial score (nSPS) is 11.7. The van der Waals surface area contributed by atoms with E-state index in [1.54, 1.807) is 43.2 Å². The zero-order chi connectivity index (χ0) is 14.4. The molecule has 0 saturated heterocycles. The fourth-order valence-electron chi connectivity index (χ4n) is 1.59. The van der Waals surface area contributed by atoms with Crippen molar-refractivity contribution in [2.45, 2.75) is 17.9 Å². The van der Waals surface area contributed by atoms with Crippen LogP contribution in [0.5, 0.6) is 5.75 Å². The number of thioether (sulfide) groups is 1. The lowest BCUT2D eigenvalue weighted by atomic mass is 10.3. The Morgan fingerprint density at radius 3 is 2.65 bits per heavy atom. The van der Waals surface area contributed by atoms with E-state index in [-0.39, 0.29) is 5.91 Å². The van der Waals surface area contributed by atoms with Gasteiger partial charge in [0.1, 0.15) is 5.75 Å². The summed E-state index contributed by atoms with van der Waals surface area (Å²) >= 11 is 1.66. The van der Waals surface area contributed by atoms with Crippen molar-refractivity contribution in [3.8, 4) is 5.75 Å². The van der Waals surface area contributed by atoms with Crippen molar-refractivity contribution in [2.75, 3.05) is 11.6 Å². The molecule has 1 amide bonds. The average molecular weight is 288 g/mol. The first kappa shape index (κ1) is 14.4. The van der Waals surface area contributed by atoms with Crippen molar-refractivity contribution >= 4 is 23.4 Å². The maximum Gasteiger partial charge on any atom is 0.265 e. The number of aromatic nitrogens is 1. The molecule has 0 fully saturated rings. The third-order valence-corrected chi connectivity index (χ3v) is 3.41. The van der Waals surface area contributed by atoms with Crippen LogP contribution in [0.25, 0.3) is 0 Å². The van der Waals surface area contributed by atoms with Crippen LogP contribution in [0, 0.1) is 0 Å². The number of nitrogens with zero attached hydrogens (tertiary/aromatic N) is 1. The average Bonchev–Trinajstić information content (AvgIpc) is 2.49. The van der Waals surface area contributed by atoms with Gasteiger partial charge >= 0.3 is 0 Å². The van der Waals surface area contributed by atoms with Gasteiger partial charge in [0.15, 0.2) is 6.10 Å². The fraction of sp³-hybridized carbons (Fsp3) is 0.200. The minimum atomic E-state index is -0.574. The summed E-state index contributed by atoms with van der Waals surface area (Å²) in [4.78, 5) is 17.1. The SMILES string of the molecule is CSc1ccc(O[C@@H](C)C(=O)Nc2cccnc2)cc1. The number of nitrogens with one attached hydrogen (secondary N) is 1. The highest BCUT2D eigenvalue weighted by Gasteiger charge is 2.14. The van der Waals surface area contributed by atoms with Crippen LogP contribution in [0.2, 0.25) is 0 Å². The van der Waals surface area contributed by atoms with Gasteiger partial charge in [0.25, 0.3) is 5.91 Å². The predicted molar refractivity (Wildman–Crippen MR) is 81.2 cm³/mol. The molecule has 0 radical (unpaired) electrons. The molecule has 1 aromatic heterocycles. The Balaban J connectivity index is 1.93. The molecule has 2 aromatic rings. The number of carbonyl (C=O) groups is 1. The maximum absolute atomic E-state index is 12.0. The lowest BCUT2D eigenvalue weighted by Gasteiger charge is -2.14. The van der Waals surface area contributed by atoms with Crippen LogP contribution in [-0.4, -0.2) is 23.3 Å². The second kappa shape index (κ2) is 6.96. The van der Waals surface area contributed by atoms with Crippen LogP contribution < -0.4 is 10.1 Å². The summed E-state index contributed by atoms with van der Waals surface area (Å²) in [7, 11) is 0. The van der Waals surface area contributed by atoms with Gasteiger partial charge in [-0.05, 0) is 49.6 Å². The standard InChI is InChI=1S/C15H16N2O2S/c1-11(15(18)17-12-4-3-9-16-10-12)19-13-5-7-14(20-2)8-6-13/h3-11H,1-2H3,(H,17,18)/t11-/m0/s1. The van der Waals surface area contributed by atoms with Gasteiger partial charge in [-0.2, -0.15) is 0 Å². The van der Waals surface area contributed by atoms with E-state index >= 15 is 0 Å². The number of hydrogen-bond donors (Lipinski definition) is 1. The number of anilines is 1. The van der Waals surface area contributed by atoms with Crippen LogP contribution in [0.15, 0.2) is 53.7 Å². The molecule has 0 bridgehead atoms. The Morgan fingerprint density at radius 1 is 1.30 bits per heavy atom. The van der Waals surface area contributed by atoms with E-state index < -0.39 is 6.10 Å². The number of benzene rings is 1. The van der Waals surface area contributed by atoms with Crippen LogP contribution >= 0.6 is 11.8 Å². The molecular formula is C15H16N2O2S. The second-order valence-electron chi connectivity index (χ2n) is 4.17. The monoisotopic (exact) mass is 288 g/mol. The minimum absolute atomic E-state index is 0.202. The zero-order valence-corrected chi connectivity index (χ0v) is 12.2. The first-order valence-electron chi connectivity index (χ1n) is 6.20. The van der Waals surface area contributed by atoms with E-state index in [9.17, 15) is 4.79 Å². The highest BCUT2D eigenvalue weighted by atomic mass is 32.2. The van der Waals surface area contributed by atoms with E-state index in [4.69, 9.17) is 4.74 Å². The van der Waals surface area contributed by atoms with Crippen LogP contribution in [0.3, 0.4) is 0 Å². The van der Waals surface area contributed by atoms with Gasteiger partial charge in [0, 0.05) is 11.1 Å². The van der Waals surface area contributed by atoms with E-state index in [2.05, 4.69) is 10.3 Å². The summed E-state index contributed by atoms with van der Waals surface area (Å²) in [6.45, 7) is 1.72. The van der Waals surface area contributed by atoms with Crippen molar-refractivity contribution in [3.05, 3.63) is 48.8 Å². The molecule has 104 valence electrons. The van der Waals surface area contributed by atoms with Gasteiger partial charge in [-0.3, -0.25) is 9.78 Å². The molecule has 0 aliphatic rings. The molecule has 0 unspecified atom stereocenters. The van der Waals surface area contributed by atoms with Gasteiger partial charge in [0.05, 0.1) is 11.9 Å². The molecule has 1 aromatic carbocycles. The molecule has 2 rings (SSSR count). The molecule has 4 nitrogen and oxygen atoms in total. The maximum atomic E-state index is 12.0. The summed E-state index contributed by atoms with van der Waals surface area (Å²) in [6.07, 6.45) is 4.69. The number of carbonyl (C=O) groups excluding carboxylic acids is 1. The summed E-state index contributed by atoms with van der Waals surface area (Å²) in [5.41, 5.74) is 0.658. The Labute approximate surface area is 122 Å². The first-order chi connectivity index (χ1) is 9.69. The van der Waals surface area contributed by atoms with Crippen molar-refractivity contribution in [2.24, 2.45) is 0 Å². The smallest absolute Gasteiger partial charge is 0.265 e. The molecular weight excluding hydrogens is 272 g/mol. The molecule has 0 saturated carbocycles. The molecule has 5 heteroatoms. The van der Waals surface area contributed by atoms with E-state index in [0.717, 1.165) is 4.90 Å². The lowest BCUT2D eigenvalue weighted by molar-refractivity contribution is -0.122. The lowest BCUT2D eigenvalue weighted by Crippen LogP contribution is -2.30. The second-order valence-corrected chi connectivity index (χ2v) is 5.05. The third-order valence-electron chi connectivity index (χ3n) is 2.67. The van der Waals surface area contributed by atoms with Crippen LogP contribution in [0.1, 0.15) is 6.92 Å². The Bertz CT molecular complexity index is 558. The number of hydrogen-bond acceptors (Lipinski definition) is 4. The summed E-state index contributed by atoms with van der Waals surface area (Å²) < 4.78 is 5.61. The molecule has 1 N–H and O–H groups in total. The Kier molecular flexibility index (Phi) is 5.01. The van der Waals surface area contributed by atoms with Crippen molar-refractivity contribution in [3.63, 3.8) is 0 Å². The Morgan fingerprint density at radius 2 is 2.05 bits per heavy atom. The molecule has 1 heterocycles. The van der Waals surface area contributed by atoms with E-state index in [1.165, 1.54) is 0 Å². The topological polar surface area (TPSA) is 51.2 Å². The van der Waals surface area contributed by atoms with E-state index in [1.807, 2.05) is 30.5 Å². The molecule has 1 atom stereocenters. The minimum Gasteiger partial charge on any atom is -0.481 e. The van der Waals surface area contributed by atoms with Crippen molar-refractivity contribution in [1.82, 2.24) is 4.98 Å². The number of ether oxygens (including phenoxy) is 1. The van der Waals surface area contributed by atoms with Gasteiger partial charge in [-0.15, -0.1) is 11.8 Å². The highest BCUT2D eigenvalue weighted by Crippen LogP contribution is 2.20. The van der Waals surface area contributed by atoms with Crippen molar-refractivity contribution in [1.29, 1.82) is 0 Å². The first-order valence-corrected chi connectivity index (χ1v) is 7.43. The summed E-state index contributed by atoms with van der Waals surface area (Å²) in [5, 5.41) is 2.75. The van der Waals surface area contributed by atoms with Gasteiger partial charge in [0.2, 0.25) is 0 Å². The highest BCUT2D eigenvalue weighted by molar-refractivity contribution is 7.98. The van der Waals surface area contributed by atoms with Gasteiger partial charge in [-0.25, -0.2) is 0 Å². The van der Waals surface area contributed by atoms with Gasteiger partial charge in [-0.1, -0.05) is 0 Å². The number of pyridine rings is 1. The molecule has 20 heavy (non-hydrogen) atoms. The number of rotatable bonds is 5. The van der Waals surface area contributed by atoms with Crippen LogP contribution in [-0.2, 0) is 4.79 Å². The van der Waals surface area contributed by atoms with Crippen LogP contribution in [0.4, 0.5) is 5.69 Å². The largest absolute Gasteiger partial charge is 0.481 e.